The van der Waals surface area contributed by atoms with Crippen LogP contribution in [0.4, 0.5) is 0 Å². The van der Waals surface area contributed by atoms with Crippen molar-refractivity contribution < 1.29 is 29.4 Å². The third kappa shape index (κ3) is 13.3. The average molecular weight is 1460 g/mol. The standard InChI is InChI=1S/C25H28N2O.2C24H26N2O.C22H26N2O3/c1-4-26(5-2)14-15-27-21-11-8-17-16(3)6-7-19(17)24(21)25-20-10-13-23(28)18(20)9-12-22(25)27;1-14(2)25-12-13-26-20-9-6-16-15(3)4-5-18(16)23(20)24-19-8-11-22(27)17(19)7-10-21(24)26;1-3-25-13-4-14-26-20-10-7-16-15(2)5-6-18(16)23(20)24-19-9-12-22(27)17(19)8-11-21(24)26;1-12(2)15-8-17-18-9-16(14(5)25)22(27)11-20(18)24(7-6-23-13(3)4)19(17)10-21(15)26/h8-9,11-12H,3-7,10,13-15H2,1-2H3;6-7,9-10,14,25H,3-5,8,11-13H2,1-2H3;7-8,10-11,25H,2-6,9,12-14H2,1H3;8-11,13,23,26-27H,1,6-7H2,2-5H3. The minimum Gasteiger partial charge on any atom is -0.507 e. The number of carbonyl (C=O) groups is 4. The highest BCUT2D eigenvalue weighted by Crippen LogP contribution is 2.48. The van der Waals surface area contributed by atoms with Crippen molar-refractivity contribution in [3.8, 4) is 11.5 Å². The van der Waals surface area contributed by atoms with Gasteiger partial charge in [0, 0.05) is 188 Å². The molecule has 0 unspecified atom stereocenters. The topological polar surface area (TPSA) is 168 Å². The van der Waals surface area contributed by atoms with Crippen LogP contribution in [-0.2, 0) is 64.7 Å². The van der Waals surface area contributed by atoms with E-state index in [-0.39, 0.29) is 17.3 Å². The van der Waals surface area contributed by atoms with Crippen molar-refractivity contribution in [2.24, 2.45) is 0 Å². The Morgan fingerprint density at radius 2 is 0.743 bits per heavy atom. The summed E-state index contributed by atoms with van der Waals surface area (Å²) in [6, 6.07) is 34.2. The van der Waals surface area contributed by atoms with Crippen LogP contribution in [0.1, 0.15) is 204 Å². The van der Waals surface area contributed by atoms with E-state index in [1.54, 1.807) is 18.2 Å². The van der Waals surface area contributed by atoms with Crippen molar-refractivity contribution in [2.75, 3.05) is 45.8 Å². The maximum atomic E-state index is 12.4. The van der Waals surface area contributed by atoms with Crippen LogP contribution in [-0.4, -0.2) is 114 Å². The number of aromatic hydroxyl groups is 2. The van der Waals surface area contributed by atoms with Crippen LogP contribution in [0.3, 0.4) is 0 Å². The van der Waals surface area contributed by atoms with Crippen LogP contribution in [0.15, 0.2) is 123 Å². The number of hydrogen-bond donors (Lipinski definition) is 5. The molecular formula is C95H106N8O6. The number of aryl methyl sites for hydroxylation is 7. The lowest BCUT2D eigenvalue weighted by Crippen LogP contribution is -2.26. The number of ketones is 4. The Kier molecular flexibility index (Phi) is 20.8. The van der Waals surface area contributed by atoms with Crippen molar-refractivity contribution in [1.29, 1.82) is 0 Å². The Morgan fingerprint density at radius 3 is 1.09 bits per heavy atom. The van der Waals surface area contributed by atoms with E-state index in [0.717, 1.165) is 174 Å². The lowest BCUT2D eigenvalue weighted by Gasteiger charge is -2.19. The molecule has 12 aromatic rings. The summed E-state index contributed by atoms with van der Waals surface area (Å²) in [5, 5.41) is 41.1. The zero-order valence-electron chi connectivity index (χ0n) is 65.5. The van der Waals surface area contributed by atoms with E-state index in [1.165, 1.54) is 139 Å². The molecule has 6 aliphatic rings. The third-order valence-electron chi connectivity index (χ3n) is 24.4. The zero-order chi connectivity index (χ0) is 76.5. The molecule has 18 rings (SSSR count). The monoisotopic (exact) mass is 1450 g/mol. The normalized spacial score (nSPS) is 14.9. The molecule has 0 fully saturated rings. The number of hydrogen-bond acceptors (Lipinski definition) is 10. The zero-order valence-corrected chi connectivity index (χ0v) is 65.5. The second-order valence-electron chi connectivity index (χ2n) is 31.7. The van der Waals surface area contributed by atoms with E-state index in [9.17, 15) is 29.4 Å². The second-order valence-corrected chi connectivity index (χ2v) is 31.7. The van der Waals surface area contributed by atoms with E-state index < -0.39 is 0 Å². The number of Topliss-reactive ketones (excluding diaryl/α,β-unsaturated/α-hetero) is 4. The van der Waals surface area contributed by atoms with Crippen LogP contribution >= 0.6 is 0 Å². The van der Waals surface area contributed by atoms with E-state index in [0.29, 0.717) is 66.4 Å². The van der Waals surface area contributed by atoms with Gasteiger partial charge in [0.15, 0.2) is 23.1 Å². The summed E-state index contributed by atoms with van der Waals surface area (Å²) in [4.78, 5) is 51.5. The third-order valence-corrected chi connectivity index (χ3v) is 24.4. The molecule has 0 amide bonds. The molecule has 4 heterocycles. The van der Waals surface area contributed by atoms with Gasteiger partial charge < -0.3 is 49.3 Å². The molecule has 0 saturated heterocycles. The molecule has 4 aromatic heterocycles. The van der Waals surface area contributed by atoms with Crippen molar-refractivity contribution >= 4 is 133 Å². The van der Waals surface area contributed by atoms with Crippen LogP contribution in [0.5, 0.6) is 11.5 Å². The van der Waals surface area contributed by atoms with Crippen LogP contribution < -0.4 is 16.0 Å². The number of allylic oxidation sites excluding steroid dienone is 4. The van der Waals surface area contributed by atoms with E-state index in [2.05, 4.69) is 187 Å². The summed E-state index contributed by atoms with van der Waals surface area (Å²) in [5.41, 5.74) is 30.0. The maximum absolute atomic E-state index is 12.4. The summed E-state index contributed by atoms with van der Waals surface area (Å²) >= 11 is 0. The van der Waals surface area contributed by atoms with Gasteiger partial charge in [-0.1, -0.05) is 93.0 Å². The molecule has 109 heavy (non-hydrogen) atoms. The highest BCUT2D eigenvalue weighted by atomic mass is 16.3. The number of carbonyl (C=O) groups excluding carboxylic acids is 4. The van der Waals surface area contributed by atoms with Gasteiger partial charge in [0.1, 0.15) is 11.5 Å². The van der Waals surface area contributed by atoms with Gasteiger partial charge in [-0.25, -0.2) is 0 Å². The molecule has 0 atom stereocenters. The number of benzene rings is 8. The number of phenolic OH excluding ortho intramolecular Hbond substituents is 2. The fraction of sp³-hybridized carbons (Fsp3) is 0.368. The first-order valence-corrected chi connectivity index (χ1v) is 40.1. The van der Waals surface area contributed by atoms with Gasteiger partial charge in [0.05, 0.1) is 16.6 Å². The summed E-state index contributed by atoms with van der Waals surface area (Å²) in [6.45, 7) is 45.7. The fourth-order valence-corrected chi connectivity index (χ4v) is 18.9. The van der Waals surface area contributed by atoms with Gasteiger partial charge in [-0.15, -0.1) is 0 Å². The minimum atomic E-state index is -0.185. The van der Waals surface area contributed by atoms with Crippen molar-refractivity contribution in [1.82, 2.24) is 39.1 Å². The van der Waals surface area contributed by atoms with E-state index in [4.69, 9.17) is 0 Å². The van der Waals surface area contributed by atoms with E-state index in [1.807, 2.05) is 13.0 Å². The molecule has 0 saturated carbocycles. The minimum absolute atomic E-state index is 0.0276. The highest BCUT2D eigenvalue weighted by molar-refractivity contribution is 6.20. The lowest BCUT2D eigenvalue weighted by molar-refractivity contribution is 0.0986. The maximum Gasteiger partial charge on any atom is 0.163 e. The summed E-state index contributed by atoms with van der Waals surface area (Å²) in [6.07, 6.45) is 12.0. The molecule has 0 radical (unpaired) electrons. The van der Waals surface area contributed by atoms with Crippen molar-refractivity contribution in [3.05, 3.63) is 201 Å². The molecule has 0 bridgehead atoms. The molecular weight excluding hydrogens is 1350 g/mol. The molecule has 8 aromatic carbocycles. The highest BCUT2D eigenvalue weighted by Gasteiger charge is 2.33. The largest absolute Gasteiger partial charge is 0.507 e. The second kappa shape index (κ2) is 30.5. The number of aromatic nitrogens is 4. The number of nitrogens with one attached hydrogen (secondary N) is 3. The molecule has 6 aliphatic carbocycles. The van der Waals surface area contributed by atoms with Gasteiger partial charge in [-0.2, -0.15) is 0 Å². The Labute approximate surface area is 640 Å². The van der Waals surface area contributed by atoms with Gasteiger partial charge in [-0.3, -0.25) is 19.2 Å². The average Bonchev–Trinajstić information content (AvgIpc) is 1.55. The van der Waals surface area contributed by atoms with Crippen molar-refractivity contribution in [3.63, 3.8) is 0 Å². The molecule has 14 heteroatoms. The first kappa shape index (κ1) is 74.5. The number of likely N-dealkylation sites (N-methyl/N-ethyl adjacent to an activating group) is 1. The predicted molar refractivity (Wildman–Crippen MR) is 453 cm³/mol. The Bertz CT molecular complexity index is 5510. The number of rotatable bonds is 20. The van der Waals surface area contributed by atoms with Gasteiger partial charge >= 0.3 is 0 Å². The first-order valence-electron chi connectivity index (χ1n) is 40.1. The van der Waals surface area contributed by atoms with Gasteiger partial charge in [0.2, 0.25) is 0 Å². The number of fused-ring (bicyclic) bond motifs is 24. The quantitative estimate of drug-likeness (QED) is 0.0366. The molecule has 0 aliphatic heterocycles. The fourth-order valence-electron chi connectivity index (χ4n) is 18.9. The smallest absolute Gasteiger partial charge is 0.163 e. The van der Waals surface area contributed by atoms with Crippen LogP contribution in [0, 0.1) is 0 Å². The summed E-state index contributed by atoms with van der Waals surface area (Å²) in [5.74, 6) is 0.865. The Hall–Kier alpha value is -9.96. The Balaban J connectivity index is 0.000000116. The summed E-state index contributed by atoms with van der Waals surface area (Å²) in [7, 11) is 0. The van der Waals surface area contributed by atoms with Gasteiger partial charge in [0.25, 0.3) is 0 Å². The lowest BCUT2D eigenvalue weighted by atomic mass is 9.97. The summed E-state index contributed by atoms with van der Waals surface area (Å²) < 4.78 is 9.48. The first-order chi connectivity index (χ1) is 52.6. The molecule has 5 N–H and O–H groups in total. The van der Waals surface area contributed by atoms with Crippen molar-refractivity contribution in [2.45, 2.75) is 184 Å². The molecule has 14 nitrogen and oxygen atoms in total. The predicted octanol–water partition coefficient (Wildman–Crippen LogP) is 19.4. The molecule has 562 valence electrons. The Morgan fingerprint density at radius 1 is 0.422 bits per heavy atom. The molecule has 0 spiro atoms. The SMILES string of the molecule is C=C(C)c1cc2c3cc(C(C)=O)c(O)cc3n(CCNC(C)C)c2cc1O.C=C1CCc2c1ccc1c2c2c3c(ccc2n1CCCNCC)C(=O)CC3.C=C1CCc2c1ccc1c2c2c3c(ccc2n1CCN(CC)CC)C(=O)CC3.C=C1CCc2c1ccc1c2c2c3c(ccc2n1CCNC(C)C)C(=O)CC3. The number of phenols is 2. The number of nitrogens with zero attached hydrogens (tertiary/aromatic N) is 5. The van der Waals surface area contributed by atoms with E-state index >= 15 is 0 Å². The van der Waals surface area contributed by atoms with Crippen LogP contribution in [0.2, 0.25) is 0 Å². The van der Waals surface area contributed by atoms with Crippen LogP contribution in [0.25, 0.3) is 110 Å². The van der Waals surface area contributed by atoms with Gasteiger partial charge in [-0.05, 0) is 243 Å².